The molecule has 1 N–H and O–H groups in total. The van der Waals surface area contributed by atoms with E-state index in [1.165, 1.54) is 12.2 Å². The number of aliphatic carboxylic acids is 1. The lowest BCUT2D eigenvalue weighted by molar-refractivity contribution is -0.148. The normalized spacial score (nSPS) is 27.1. The maximum atomic E-state index is 11.2. The quantitative estimate of drug-likeness (QED) is 0.709. The number of hydrogen-bond acceptors (Lipinski definition) is 3. The highest BCUT2D eigenvalue weighted by Gasteiger charge is 2.42. The van der Waals surface area contributed by atoms with Crippen LogP contribution in [0.25, 0.3) is 0 Å². The third kappa shape index (κ3) is 3.11. The first kappa shape index (κ1) is 12.8. The molecule has 0 radical (unpaired) electrons. The van der Waals surface area contributed by atoms with Gasteiger partial charge in [0, 0.05) is 6.54 Å². The molecule has 0 bridgehead atoms. The second-order valence-corrected chi connectivity index (χ2v) is 5.30. The molecule has 1 unspecified atom stereocenters. The molecule has 88 valence electrons. The van der Waals surface area contributed by atoms with Gasteiger partial charge in [0.1, 0.15) is 0 Å². The van der Waals surface area contributed by atoms with Crippen LogP contribution in [0.5, 0.6) is 0 Å². The molecule has 1 rings (SSSR count). The molecule has 0 aromatic heterocycles. The average Bonchev–Trinajstić information content (AvgIpc) is 2.63. The summed E-state index contributed by atoms with van der Waals surface area (Å²) in [6.45, 7) is 4.73. The highest BCUT2D eigenvalue weighted by molar-refractivity contribution is 7.98. The van der Waals surface area contributed by atoms with Crippen LogP contribution >= 0.6 is 11.8 Å². The molecular weight excluding hydrogens is 210 g/mol. The first-order chi connectivity index (χ1) is 7.14. The van der Waals surface area contributed by atoms with Crippen molar-refractivity contribution in [1.29, 1.82) is 0 Å². The van der Waals surface area contributed by atoms with Gasteiger partial charge in [-0.15, -0.1) is 0 Å². The van der Waals surface area contributed by atoms with E-state index in [9.17, 15) is 9.90 Å². The largest absolute Gasteiger partial charge is 0.481 e. The molecule has 1 heterocycles. The van der Waals surface area contributed by atoms with Crippen LogP contribution < -0.4 is 0 Å². The van der Waals surface area contributed by atoms with E-state index in [1.54, 1.807) is 0 Å². The number of thioether (sulfide) groups is 1. The molecule has 0 aliphatic carbocycles. The van der Waals surface area contributed by atoms with Crippen molar-refractivity contribution >= 4 is 17.7 Å². The Hall–Kier alpha value is -0.220. The van der Waals surface area contributed by atoms with Gasteiger partial charge in [0.15, 0.2) is 0 Å². The Kier molecular flexibility index (Phi) is 4.93. The Morgan fingerprint density at radius 3 is 2.80 bits per heavy atom. The van der Waals surface area contributed by atoms with Gasteiger partial charge < -0.3 is 10.0 Å². The molecule has 15 heavy (non-hydrogen) atoms. The predicted molar refractivity (Wildman–Crippen MR) is 64.4 cm³/mol. The topological polar surface area (TPSA) is 40.5 Å². The van der Waals surface area contributed by atoms with Crippen LogP contribution in [0.1, 0.15) is 26.2 Å². The molecule has 0 spiro atoms. The molecule has 1 atom stereocenters. The van der Waals surface area contributed by atoms with Crippen LogP contribution in [0.15, 0.2) is 0 Å². The van der Waals surface area contributed by atoms with Gasteiger partial charge in [-0.2, -0.15) is 11.8 Å². The van der Waals surface area contributed by atoms with Gasteiger partial charge in [0.25, 0.3) is 0 Å². The van der Waals surface area contributed by atoms with E-state index >= 15 is 0 Å². The standard InChI is InChI=1S/C11H21NO2S/c1-3-11(10(13)14)5-7-12(9-11)6-4-8-15-2/h3-9H2,1-2H3,(H,13,14). The molecule has 1 saturated heterocycles. The van der Waals surface area contributed by atoms with Crippen LogP contribution in [0.3, 0.4) is 0 Å². The van der Waals surface area contributed by atoms with Gasteiger partial charge in [-0.1, -0.05) is 6.92 Å². The number of carboxylic acid groups (broad SMARTS) is 1. The molecule has 3 nitrogen and oxygen atoms in total. The lowest BCUT2D eigenvalue weighted by Gasteiger charge is -2.23. The summed E-state index contributed by atoms with van der Waals surface area (Å²) in [6.07, 6.45) is 4.84. The van der Waals surface area contributed by atoms with Crippen LogP contribution in [0, 0.1) is 5.41 Å². The number of nitrogens with zero attached hydrogens (tertiary/aromatic N) is 1. The van der Waals surface area contributed by atoms with Crippen LogP contribution in [0.4, 0.5) is 0 Å². The minimum atomic E-state index is -0.614. The number of carbonyl (C=O) groups is 1. The zero-order valence-electron chi connectivity index (χ0n) is 9.66. The monoisotopic (exact) mass is 231 g/mol. The zero-order valence-corrected chi connectivity index (χ0v) is 10.5. The highest BCUT2D eigenvalue weighted by atomic mass is 32.2. The fourth-order valence-corrected chi connectivity index (χ4v) is 2.61. The highest BCUT2D eigenvalue weighted by Crippen LogP contribution is 2.34. The zero-order chi connectivity index (χ0) is 11.3. The SMILES string of the molecule is CCC1(C(=O)O)CCN(CCCSC)C1. The minimum Gasteiger partial charge on any atom is -0.481 e. The van der Waals surface area contributed by atoms with Crippen molar-refractivity contribution in [3.8, 4) is 0 Å². The molecular formula is C11H21NO2S. The van der Waals surface area contributed by atoms with Crippen LogP contribution in [-0.2, 0) is 4.79 Å². The van der Waals surface area contributed by atoms with Gasteiger partial charge in [-0.3, -0.25) is 4.79 Å². The maximum absolute atomic E-state index is 11.2. The number of rotatable bonds is 6. The first-order valence-corrected chi connectivity index (χ1v) is 6.98. The third-order valence-electron chi connectivity index (χ3n) is 3.39. The lowest BCUT2D eigenvalue weighted by atomic mass is 9.84. The minimum absolute atomic E-state index is 0.459. The summed E-state index contributed by atoms with van der Waals surface area (Å²) in [5, 5.41) is 9.22. The van der Waals surface area contributed by atoms with E-state index in [0.717, 1.165) is 32.5 Å². The van der Waals surface area contributed by atoms with Crippen LogP contribution in [-0.4, -0.2) is 47.6 Å². The van der Waals surface area contributed by atoms with Gasteiger partial charge in [-0.05, 0) is 44.4 Å². The van der Waals surface area contributed by atoms with Crippen molar-refractivity contribution in [1.82, 2.24) is 4.90 Å². The van der Waals surface area contributed by atoms with Crippen molar-refractivity contribution in [2.45, 2.75) is 26.2 Å². The second-order valence-electron chi connectivity index (χ2n) is 4.31. The molecule has 1 fully saturated rings. The Bertz CT molecular complexity index is 223. The van der Waals surface area contributed by atoms with Gasteiger partial charge in [0.05, 0.1) is 5.41 Å². The van der Waals surface area contributed by atoms with E-state index in [0.29, 0.717) is 0 Å². The predicted octanol–water partition coefficient (Wildman–Crippen LogP) is 1.93. The summed E-state index contributed by atoms with van der Waals surface area (Å²) < 4.78 is 0. The number of likely N-dealkylation sites (tertiary alicyclic amines) is 1. The summed E-state index contributed by atoms with van der Waals surface area (Å²) in [5.41, 5.74) is -0.459. The van der Waals surface area contributed by atoms with E-state index in [-0.39, 0.29) is 0 Å². The summed E-state index contributed by atoms with van der Waals surface area (Å²) in [6, 6.07) is 0. The summed E-state index contributed by atoms with van der Waals surface area (Å²) in [5.74, 6) is 0.556. The molecule has 0 amide bonds. The Morgan fingerprint density at radius 2 is 2.33 bits per heavy atom. The molecule has 1 aliphatic heterocycles. The molecule has 0 aromatic carbocycles. The molecule has 0 aromatic rings. The van der Waals surface area contributed by atoms with Crippen LogP contribution in [0.2, 0.25) is 0 Å². The van der Waals surface area contributed by atoms with Crippen molar-refractivity contribution in [3.05, 3.63) is 0 Å². The first-order valence-electron chi connectivity index (χ1n) is 5.59. The smallest absolute Gasteiger partial charge is 0.310 e. The molecule has 0 saturated carbocycles. The molecule has 1 aliphatic rings. The van der Waals surface area contributed by atoms with E-state index in [1.807, 2.05) is 18.7 Å². The maximum Gasteiger partial charge on any atom is 0.310 e. The van der Waals surface area contributed by atoms with Crippen molar-refractivity contribution < 1.29 is 9.90 Å². The van der Waals surface area contributed by atoms with E-state index in [2.05, 4.69) is 11.2 Å². The Morgan fingerprint density at radius 1 is 1.60 bits per heavy atom. The summed E-state index contributed by atoms with van der Waals surface area (Å²) in [4.78, 5) is 13.5. The fourth-order valence-electron chi connectivity index (χ4n) is 2.20. The third-order valence-corrected chi connectivity index (χ3v) is 4.08. The van der Waals surface area contributed by atoms with E-state index in [4.69, 9.17) is 0 Å². The number of hydrogen-bond donors (Lipinski definition) is 1. The van der Waals surface area contributed by atoms with Gasteiger partial charge >= 0.3 is 5.97 Å². The van der Waals surface area contributed by atoms with E-state index < -0.39 is 11.4 Å². The average molecular weight is 231 g/mol. The molecule has 4 heteroatoms. The number of carboxylic acids is 1. The lowest BCUT2D eigenvalue weighted by Crippen LogP contribution is -2.34. The van der Waals surface area contributed by atoms with Gasteiger partial charge in [0.2, 0.25) is 0 Å². The summed E-state index contributed by atoms with van der Waals surface area (Å²) >= 11 is 1.85. The van der Waals surface area contributed by atoms with Crippen molar-refractivity contribution in [3.63, 3.8) is 0 Å². The Balaban J connectivity index is 2.39. The Labute approximate surface area is 96.2 Å². The second kappa shape index (κ2) is 5.75. The fraction of sp³-hybridized carbons (Fsp3) is 0.909. The van der Waals surface area contributed by atoms with Crippen molar-refractivity contribution in [2.24, 2.45) is 5.41 Å². The van der Waals surface area contributed by atoms with Gasteiger partial charge in [-0.25, -0.2) is 0 Å². The van der Waals surface area contributed by atoms with Crippen molar-refractivity contribution in [2.75, 3.05) is 31.6 Å². The summed E-state index contributed by atoms with van der Waals surface area (Å²) in [7, 11) is 0.